The number of esters is 1. The number of carbonyl (C=O) groups is 2. The molecule has 0 aliphatic rings. The minimum atomic E-state index is -3.78. The van der Waals surface area contributed by atoms with Crippen molar-refractivity contribution < 1.29 is 27.5 Å². The van der Waals surface area contributed by atoms with Gasteiger partial charge in [-0.2, -0.15) is 0 Å². The van der Waals surface area contributed by atoms with Gasteiger partial charge in [-0.05, 0) is 49.7 Å². The zero-order valence-electron chi connectivity index (χ0n) is 17.4. The number of hydrogen-bond donors (Lipinski definition) is 1. The molecule has 1 atom stereocenters. The van der Waals surface area contributed by atoms with E-state index in [4.69, 9.17) is 9.47 Å². The lowest BCUT2D eigenvalue weighted by Crippen LogP contribution is -2.47. The van der Waals surface area contributed by atoms with E-state index in [1.54, 1.807) is 56.3 Å². The van der Waals surface area contributed by atoms with Crippen LogP contribution < -0.4 is 14.4 Å². The molecule has 0 spiro atoms. The molecule has 2 aromatic carbocycles. The quantitative estimate of drug-likeness (QED) is 0.609. The van der Waals surface area contributed by atoms with Crippen molar-refractivity contribution >= 4 is 33.3 Å². The summed E-state index contributed by atoms with van der Waals surface area (Å²) >= 11 is 0. The zero-order chi connectivity index (χ0) is 22.3. The van der Waals surface area contributed by atoms with E-state index in [0.717, 1.165) is 10.6 Å². The summed E-state index contributed by atoms with van der Waals surface area (Å²) in [7, 11) is -2.27. The van der Waals surface area contributed by atoms with E-state index in [0.29, 0.717) is 11.4 Å². The molecule has 1 amide bonds. The highest BCUT2D eigenvalue weighted by Gasteiger charge is 2.32. The van der Waals surface area contributed by atoms with Gasteiger partial charge in [0, 0.05) is 0 Å². The first-order chi connectivity index (χ1) is 14.2. The lowest BCUT2D eigenvalue weighted by molar-refractivity contribution is -0.117. The molecule has 0 aliphatic carbocycles. The fourth-order valence-corrected chi connectivity index (χ4v) is 4.20. The first kappa shape index (κ1) is 23.2. The third kappa shape index (κ3) is 5.50. The molecule has 0 radical (unpaired) electrons. The lowest BCUT2D eigenvalue weighted by atomic mass is 10.1. The number of rotatable bonds is 9. The summed E-state index contributed by atoms with van der Waals surface area (Å²) in [6.07, 6.45) is 1.26. The van der Waals surface area contributed by atoms with Crippen LogP contribution in [0.2, 0.25) is 0 Å². The molecule has 0 fully saturated rings. The molecule has 0 unspecified atom stereocenters. The Bertz CT molecular complexity index is 989. The average Bonchev–Trinajstić information content (AvgIpc) is 2.71. The minimum Gasteiger partial charge on any atom is -0.497 e. The summed E-state index contributed by atoms with van der Waals surface area (Å²) in [5.41, 5.74) is 0.777. The maximum atomic E-state index is 13.1. The molecule has 2 aromatic rings. The number of ether oxygens (including phenoxy) is 2. The monoisotopic (exact) mass is 434 g/mol. The number of carbonyl (C=O) groups excluding carboxylic acids is 2. The number of anilines is 2. The predicted molar refractivity (Wildman–Crippen MR) is 115 cm³/mol. The molecule has 0 heterocycles. The molecule has 8 nitrogen and oxygen atoms in total. The number of methoxy groups -OCH3 is 1. The van der Waals surface area contributed by atoms with Gasteiger partial charge in [-0.25, -0.2) is 13.2 Å². The van der Waals surface area contributed by atoms with Crippen LogP contribution in [-0.2, 0) is 19.6 Å². The number of sulfonamides is 1. The summed E-state index contributed by atoms with van der Waals surface area (Å²) < 4.78 is 36.3. The van der Waals surface area contributed by atoms with Crippen molar-refractivity contribution in [2.24, 2.45) is 0 Å². The molecule has 2 rings (SSSR count). The van der Waals surface area contributed by atoms with Gasteiger partial charge in [0.25, 0.3) is 0 Å². The number of nitrogens with one attached hydrogen (secondary N) is 1. The van der Waals surface area contributed by atoms with E-state index in [-0.39, 0.29) is 24.3 Å². The normalized spacial score (nSPS) is 12.0. The molecular weight excluding hydrogens is 408 g/mol. The van der Waals surface area contributed by atoms with Crippen LogP contribution in [0.1, 0.15) is 30.6 Å². The molecule has 162 valence electrons. The predicted octanol–water partition coefficient (Wildman–Crippen LogP) is 3.06. The van der Waals surface area contributed by atoms with Crippen LogP contribution in [-0.4, -0.2) is 46.3 Å². The zero-order valence-corrected chi connectivity index (χ0v) is 18.2. The SMILES string of the molecule is CCOC(=O)c1ccccc1NC(=O)[C@@H](CC)N(c1ccc(OC)cc1)S(C)(=O)=O. The van der Waals surface area contributed by atoms with Crippen molar-refractivity contribution in [1.29, 1.82) is 0 Å². The number of para-hydroxylation sites is 1. The maximum absolute atomic E-state index is 13.1. The van der Waals surface area contributed by atoms with Gasteiger partial charge in [0.2, 0.25) is 15.9 Å². The van der Waals surface area contributed by atoms with Gasteiger partial charge in [0.15, 0.2) is 0 Å². The Balaban J connectivity index is 2.38. The van der Waals surface area contributed by atoms with Crippen LogP contribution in [0, 0.1) is 0 Å². The van der Waals surface area contributed by atoms with E-state index in [1.807, 2.05) is 0 Å². The van der Waals surface area contributed by atoms with Crippen molar-refractivity contribution in [3.63, 3.8) is 0 Å². The highest BCUT2D eigenvalue weighted by Crippen LogP contribution is 2.26. The van der Waals surface area contributed by atoms with Gasteiger partial charge >= 0.3 is 5.97 Å². The first-order valence-corrected chi connectivity index (χ1v) is 11.3. The molecule has 9 heteroatoms. The number of nitrogens with zero attached hydrogens (tertiary/aromatic N) is 1. The summed E-state index contributed by atoms with van der Waals surface area (Å²) in [6, 6.07) is 11.8. The van der Waals surface area contributed by atoms with Crippen molar-refractivity contribution in [1.82, 2.24) is 0 Å². The van der Waals surface area contributed by atoms with Crippen LogP contribution in [0.4, 0.5) is 11.4 Å². The van der Waals surface area contributed by atoms with E-state index in [9.17, 15) is 18.0 Å². The molecule has 0 aliphatic heterocycles. The Morgan fingerprint density at radius 2 is 1.70 bits per heavy atom. The molecule has 0 saturated carbocycles. The smallest absolute Gasteiger partial charge is 0.340 e. The van der Waals surface area contributed by atoms with E-state index < -0.39 is 27.9 Å². The van der Waals surface area contributed by atoms with Crippen molar-refractivity contribution in [3.8, 4) is 5.75 Å². The third-order valence-corrected chi connectivity index (χ3v) is 5.52. The summed E-state index contributed by atoms with van der Waals surface area (Å²) in [6.45, 7) is 3.59. The molecule has 0 bridgehead atoms. The Labute approximate surface area is 176 Å². The van der Waals surface area contributed by atoms with Crippen LogP contribution >= 0.6 is 0 Å². The van der Waals surface area contributed by atoms with Crippen molar-refractivity contribution in [2.75, 3.05) is 29.6 Å². The number of benzene rings is 2. The standard InChI is InChI=1S/C21H26N2O6S/c1-5-19(23(30(4,26)27)15-11-13-16(28-3)14-12-15)20(24)22-18-10-8-7-9-17(18)21(25)29-6-2/h7-14,19H,5-6H2,1-4H3,(H,22,24)/t19-/m1/s1. The van der Waals surface area contributed by atoms with Crippen molar-refractivity contribution in [3.05, 3.63) is 54.1 Å². The second-order valence-electron chi connectivity index (χ2n) is 6.44. The number of amides is 1. The molecule has 30 heavy (non-hydrogen) atoms. The molecular formula is C21H26N2O6S. The maximum Gasteiger partial charge on any atom is 0.340 e. The second kappa shape index (κ2) is 10.1. The Morgan fingerprint density at radius 1 is 1.07 bits per heavy atom. The fourth-order valence-electron chi connectivity index (χ4n) is 2.98. The fraction of sp³-hybridized carbons (Fsp3) is 0.333. The molecule has 1 N–H and O–H groups in total. The van der Waals surface area contributed by atoms with Crippen LogP contribution in [0.3, 0.4) is 0 Å². The van der Waals surface area contributed by atoms with E-state index in [2.05, 4.69) is 5.32 Å². The van der Waals surface area contributed by atoms with E-state index in [1.165, 1.54) is 13.2 Å². The topological polar surface area (TPSA) is 102 Å². The Kier molecular flexibility index (Phi) is 7.82. The second-order valence-corrected chi connectivity index (χ2v) is 8.30. The van der Waals surface area contributed by atoms with Crippen LogP contribution in [0.15, 0.2) is 48.5 Å². The van der Waals surface area contributed by atoms with Gasteiger partial charge < -0.3 is 14.8 Å². The summed E-state index contributed by atoms with van der Waals surface area (Å²) in [4.78, 5) is 25.2. The summed E-state index contributed by atoms with van der Waals surface area (Å²) in [5, 5.41) is 2.68. The van der Waals surface area contributed by atoms with Gasteiger partial charge in [0.05, 0.1) is 36.9 Å². The minimum absolute atomic E-state index is 0.192. The van der Waals surface area contributed by atoms with Crippen LogP contribution in [0.5, 0.6) is 5.75 Å². The molecule has 0 saturated heterocycles. The first-order valence-electron chi connectivity index (χ1n) is 9.43. The third-order valence-electron chi connectivity index (χ3n) is 4.34. The average molecular weight is 435 g/mol. The Hall–Kier alpha value is -3.07. The Morgan fingerprint density at radius 3 is 2.23 bits per heavy atom. The van der Waals surface area contributed by atoms with Crippen LogP contribution in [0.25, 0.3) is 0 Å². The van der Waals surface area contributed by atoms with Gasteiger partial charge in [-0.3, -0.25) is 9.10 Å². The van der Waals surface area contributed by atoms with Gasteiger partial charge in [0.1, 0.15) is 11.8 Å². The highest BCUT2D eigenvalue weighted by atomic mass is 32.2. The summed E-state index contributed by atoms with van der Waals surface area (Å²) in [5.74, 6) is -0.569. The molecule has 0 aromatic heterocycles. The highest BCUT2D eigenvalue weighted by molar-refractivity contribution is 7.92. The van der Waals surface area contributed by atoms with Crippen molar-refractivity contribution in [2.45, 2.75) is 26.3 Å². The largest absolute Gasteiger partial charge is 0.497 e. The van der Waals surface area contributed by atoms with E-state index >= 15 is 0 Å². The van der Waals surface area contributed by atoms with Gasteiger partial charge in [-0.15, -0.1) is 0 Å². The lowest BCUT2D eigenvalue weighted by Gasteiger charge is -2.30. The van der Waals surface area contributed by atoms with Gasteiger partial charge in [-0.1, -0.05) is 19.1 Å². The number of hydrogen-bond acceptors (Lipinski definition) is 6.